The molecule has 6 atom stereocenters. The normalized spacial score (nSPS) is 19.9. The molecule has 0 spiro atoms. The minimum atomic E-state index is -1.60. The number of esters is 2. The molecule has 1 heterocycles. The van der Waals surface area contributed by atoms with Gasteiger partial charge in [0.05, 0.1) is 13.2 Å². The van der Waals surface area contributed by atoms with Gasteiger partial charge in [-0.3, -0.25) is 9.59 Å². The van der Waals surface area contributed by atoms with Gasteiger partial charge >= 0.3 is 11.9 Å². The fourth-order valence-corrected chi connectivity index (χ4v) is 7.67. The standard InChI is InChI=1S/C52H94O10/c1-3-5-7-9-11-13-15-17-19-20-21-22-23-24-25-26-27-29-30-32-34-36-38-40-47(54)59-43-45(44-60-52-51(58)50(57)49(56)46(42-53)62-52)61-48(55)41-39-37-35-33-31-28-18-16-14-12-10-8-6-4-2/h16,18,26-27,32,34,45-46,49-53,56-58H,3-15,17,19-25,28-31,33,35-44H2,1-2H3/b18-16+,27-26+,34-32+/t45-,46-,49+,50?,51?,52-/m0/s1. The Morgan fingerprint density at radius 3 is 1.35 bits per heavy atom. The zero-order valence-electron chi connectivity index (χ0n) is 39.6. The second kappa shape index (κ2) is 42.8. The molecule has 0 radical (unpaired) electrons. The smallest absolute Gasteiger partial charge is 0.306 e. The van der Waals surface area contributed by atoms with Crippen molar-refractivity contribution in [3.05, 3.63) is 36.5 Å². The van der Waals surface area contributed by atoms with E-state index in [1.807, 2.05) is 0 Å². The number of aliphatic hydroxyl groups excluding tert-OH is 4. The minimum Gasteiger partial charge on any atom is -0.462 e. The van der Waals surface area contributed by atoms with E-state index in [0.717, 1.165) is 64.2 Å². The third-order valence-electron chi connectivity index (χ3n) is 11.7. The molecule has 0 amide bonds. The lowest BCUT2D eigenvalue weighted by atomic mass is 9.99. The molecule has 10 nitrogen and oxygen atoms in total. The highest BCUT2D eigenvalue weighted by Gasteiger charge is 2.44. The third-order valence-corrected chi connectivity index (χ3v) is 11.7. The van der Waals surface area contributed by atoms with Gasteiger partial charge < -0.3 is 39.4 Å². The van der Waals surface area contributed by atoms with Gasteiger partial charge in [0.1, 0.15) is 31.0 Å². The van der Waals surface area contributed by atoms with Crippen LogP contribution in [0.5, 0.6) is 0 Å². The van der Waals surface area contributed by atoms with Crippen molar-refractivity contribution < 1.29 is 49.0 Å². The first kappa shape index (κ1) is 57.9. The number of carbonyl (C=O) groups is 2. The minimum absolute atomic E-state index is 0.212. The summed E-state index contributed by atoms with van der Waals surface area (Å²) >= 11 is 0. The predicted octanol–water partition coefficient (Wildman–Crippen LogP) is 11.8. The molecule has 1 aliphatic rings. The first-order valence-corrected chi connectivity index (χ1v) is 25.6. The lowest BCUT2D eigenvalue weighted by Gasteiger charge is -2.39. The van der Waals surface area contributed by atoms with Gasteiger partial charge in [0.15, 0.2) is 12.4 Å². The van der Waals surface area contributed by atoms with Crippen molar-refractivity contribution in [2.75, 3.05) is 19.8 Å². The van der Waals surface area contributed by atoms with Crippen LogP contribution in [-0.4, -0.2) is 89.0 Å². The van der Waals surface area contributed by atoms with Crippen LogP contribution < -0.4 is 0 Å². The monoisotopic (exact) mass is 879 g/mol. The highest BCUT2D eigenvalue weighted by atomic mass is 16.7. The highest BCUT2D eigenvalue weighted by molar-refractivity contribution is 5.70. The van der Waals surface area contributed by atoms with Crippen molar-refractivity contribution in [3.8, 4) is 0 Å². The van der Waals surface area contributed by atoms with E-state index in [1.54, 1.807) is 0 Å². The van der Waals surface area contributed by atoms with Crippen LogP contribution >= 0.6 is 0 Å². The number of rotatable bonds is 43. The topological polar surface area (TPSA) is 152 Å². The van der Waals surface area contributed by atoms with Gasteiger partial charge in [0.25, 0.3) is 0 Å². The highest BCUT2D eigenvalue weighted by Crippen LogP contribution is 2.23. The Labute approximate surface area is 378 Å². The van der Waals surface area contributed by atoms with Gasteiger partial charge in [-0.05, 0) is 70.6 Å². The van der Waals surface area contributed by atoms with Crippen LogP contribution in [0, 0.1) is 0 Å². The molecule has 4 N–H and O–H groups in total. The zero-order chi connectivity index (χ0) is 45.1. The fourth-order valence-electron chi connectivity index (χ4n) is 7.67. The molecular formula is C52H94O10. The first-order chi connectivity index (χ1) is 30.3. The number of hydrogen-bond donors (Lipinski definition) is 4. The molecule has 2 unspecified atom stereocenters. The predicted molar refractivity (Wildman–Crippen MR) is 252 cm³/mol. The third kappa shape index (κ3) is 33.4. The van der Waals surface area contributed by atoms with Crippen molar-refractivity contribution in [1.82, 2.24) is 0 Å². The zero-order valence-corrected chi connectivity index (χ0v) is 39.6. The second-order valence-electron chi connectivity index (χ2n) is 17.6. The molecule has 0 saturated carbocycles. The van der Waals surface area contributed by atoms with Gasteiger partial charge in [-0.25, -0.2) is 0 Å². The Balaban J connectivity index is 2.27. The number of allylic oxidation sites excluding steroid dienone is 6. The summed E-state index contributed by atoms with van der Waals surface area (Å²) < 4.78 is 22.2. The van der Waals surface area contributed by atoms with E-state index in [-0.39, 0.29) is 26.1 Å². The maximum absolute atomic E-state index is 12.8. The first-order valence-electron chi connectivity index (χ1n) is 25.6. The molecule has 1 fully saturated rings. The average Bonchev–Trinajstić information content (AvgIpc) is 3.27. The van der Waals surface area contributed by atoms with Crippen molar-refractivity contribution >= 4 is 11.9 Å². The van der Waals surface area contributed by atoms with Gasteiger partial charge in [0, 0.05) is 12.8 Å². The molecule has 0 aliphatic carbocycles. The summed E-state index contributed by atoms with van der Waals surface area (Å²) in [6.45, 7) is 3.39. The van der Waals surface area contributed by atoms with E-state index < -0.39 is 55.4 Å². The number of aliphatic hydroxyl groups is 4. The molecule has 0 bridgehead atoms. The van der Waals surface area contributed by atoms with Gasteiger partial charge in [0.2, 0.25) is 0 Å². The van der Waals surface area contributed by atoms with Crippen molar-refractivity contribution in [2.24, 2.45) is 0 Å². The number of hydrogen-bond acceptors (Lipinski definition) is 10. The molecule has 362 valence electrons. The summed E-state index contributed by atoms with van der Waals surface area (Å²) in [5.74, 6) is -0.861. The Morgan fingerprint density at radius 1 is 0.484 bits per heavy atom. The Kier molecular flexibility index (Phi) is 40.0. The fraction of sp³-hybridized carbons (Fsp3) is 0.846. The van der Waals surface area contributed by atoms with Crippen LogP contribution in [-0.2, 0) is 28.5 Å². The van der Waals surface area contributed by atoms with Crippen molar-refractivity contribution in [3.63, 3.8) is 0 Å². The van der Waals surface area contributed by atoms with Gasteiger partial charge in [-0.1, -0.05) is 179 Å². The average molecular weight is 879 g/mol. The number of unbranched alkanes of at least 4 members (excludes halogenated alkanes) is 26. The van der Waals surface area contributed by atoms with E-state index in [1.165, 1.54) is 122 Å². The summed E-state index contributed by atoms with van der Waals surface area (Å²) in [6, 6.07) is 0. The number of ether oxygens (including phenoxy) is 4. The van der Waals surface area contributed by atoms with Gasteiger partial charge in [-0.2, -0.15) is 0 Å². The Morgan fingerprint density at radius 2 is 0.887 bits per heavy atom. The van der Waals surface area contributed by atoms with E-state index in [0.29, 0.717) is 12.8 Å². The van der Waals surface area contributed by atoms with E-state index in [4.69, 9.17) is 18.9 Å². The summed E-state index contributed by atoms with van der Waals surface area (Å²) in [4.78, 5) is 25.4. The van der Waals surface area contributed by atoms with Crippen LogP contribution in [0.2, 0.25) is 0 Å². The molecule has 10 heteroatoms. The van der Waals surface area contributed by atoms with Crippen LogP contribution in [0.4, 0.5) is 0 Å². The Bertz CT molecular complexity index is 1110. The molecule has 1 saturated heterocycles. The largest absolute Gasteiger partial charge is 0.462 e. The summed E-state index contributed by atoms with van der Waals surface area (Å²) in [7, 11) is 0. The van der Waals surface area contributed by atoms with E-state index in [2.05, 4.69) is 50.3 Å². The maximum atomic E-state index is 12.8. The molecule has 0 aromatic rings. The summed E-state index contributed by atoms with van der Waals surface area (Å²) in [5, 5.41) is 40.1. The molecular weight excluding hydrogens is 785 g/mol. The van der Waals surface area contributed by atoms with Crippen LogP contribution in [0.25, 0.3) is 0 Å². The lowest BCUT2D eigenvalue weighted by Crippen LogP contribution is -2.59. The summed E-state index contributed by atoms with van der Waals surface area (Å²) in [6.07, 6.45) is 43.1. The second-order valence-corrected chi connectivity index (χ2v) is 17.6. The summed E-state index contributed by atoms with van der Waals surface area (Å²) in [5.41, 5.74) is 0. The van der Waals surface area contributed by atoms with Crippen molar-refractivity contribution in [2.45, 2.75) is 263 Å². The lowest BCUT2D eigenvalue weighted by molar-refractivity contribution is -0.305. The molecule has 0 aromatic carbocycles. The van der Waals surface area contributed by atoms with E-state index in [9.17, 15) is 30.0 Å². The maximum Gasteiger partial charge on any atom is 0.306 e. The molecule has 0 aromatic heterocycles. The molecule has 1 aliphatic heterocycles. The number of carbonyl (C=O) groups excluding carboxylic acids is 2. The molecule has 1 rings (SSSR count). The van der Waals surface area contributed by atoms with Crippen LogP contribution in [0.3, 0.4) is 0 Å². The Hall–Kier alpha value is -2.08. The van der Waals surface area contributed by atoms with Crippen molar-refractivity contribution in [1.29, 1.82) is 0 Å². The van der Waals surface area contributed by atoms with E-state index >= 15 is 0 Å². The van der Waals surface area contributed by atoms with Gasteiger partial charge in [-0.15, -0.1) is 0 Å². The quantitative estimate of drug-likeness (QED) is 0.0265. The van der Waals surface area contributed by atoms with Crippen LogP contribution in [0.1, 0.15) is 226 Å². The van der Waals surface area contributed by atoms with Crippen LogP contribution in [0.15, 0.2) is 36.5 Å². The molecule has 62 heavy (non-hydrogen) atoms. The SMILES string of the molecule is CCCCCCC/C=C/CCCCCCCC(=O)O[C@@H](COC(=O)CCC/C=C/CC/C=C/CCCCCCCCCCCCCCCC)CO[C@H]1O[C@@H](CO)[C@@H](O)C(O)C1O.